The third kappa shape index (κ3) is 6.13. The fraction of sp³-hybridized carbons (Fsp3) is 0.333. The first kappa shape index (κ1) is 23.5. The molecule has 0 radical (unpaired) electrons. The number of rotatable bonds is 7. The highest BCUT2D eigenvalue weighted by Gasteiger charge is 2.36. The van der Waals surface area contributed by atoms with Crippen LogP contribution < -0.4 is 10.1 Å². The van der Waals surface area contributed by atoms with Crippen molar-refractivity contribution in [1.82, 2.24) is 4.90 Å². The van der Waals surface area contributed by atoms with Gasteiger partial charge in [-0.3, -0.25) is 9.59 Å². The summed E-state index contributed by atoms with van der Waals surface area (Å²) in [6.45, 7) is 4.50. The highest BCUT2D eigenvalue weighted by Crippen LogP contribution is 2.34. The Morgan fingerprint density at radius 3 is 2.23 bits per heavy atom. The predicted octanol–water partition coefficient (Wildman–Crippen LogP) is 5.00. The van der Waals surface area contributed by atoms with Crippen molar-refractivity contribution in [3.63, 3.8) is 0 Å². The number of para-hydroxylation sites is 1. The number of anilines is 1. The second-order valence-electron chi connectivity index (χ2n) is 6.98. The number of amides is 2. The first-order chi connectivity index (χ1) is 13.9. The van der Waals surface area contributed by atoms with Crippen molar-refractivity contribution in [2.45, 2.75) is 32.5 Å². The van der Waals surface area contributed by atoms with Crippen molar-refractivity contribution in [1.29, 1.82) is 0 Å². The maximum absolute atomic E-state index is 13.1. The number of carbonyl (C=O) groups excluding carboxylic acids is 2. The van der Waals surface area contributed by atoms with Crippen LogP contribution in [0.15, 0.2) is 48.5 Å². The SMILES string of the molecule is CCN(CC(=O)Nc1ccccc1C(F)(F)F)C(=O)C(C)(C)Oc1ccc(Cl)cc1. The van der Waals surface area contributed by atoms with Crippen LogP contribution in [0.5, 0.6) is 5.75 Å². The van der Waals surface area contributed by atoms with Gasteiger partial charge >= 0.3 is 6.18 Å². The van der Waals surface area contributed by atoms with Gasteiger partial charge in [0.15, 0.2) is 5.60 Å². The van der Waals surface area contributed by atoms with Crippen LogP contribution in [-0.2, 0) is 15.8 Å². The summed E-state index contributed by atoms with van der Waals surface area (Å²) in [5.74, 6) is -0.819. The average Bonchev–Trinajstić information content (AvgIpc) is 2.66. The van der Waals surface area contributed by atoms with Gasteiger partial charge in [-0.15, -0.1) is 0 Å². The van der Waals surface area contributed by atoms with Crippen molar-refractivity contribution in [3.8, 4) is 5.75 Å². The van der Waals surface area contributed by atoms with Crippen molar-refractivity contribution in [3.05, 3.63) is 59.1 Å². The third-order valence-corrected chi connectivity index (χ3v) is 4.46. The minimum atomic E-state index is -4.61. The number of nitrogens with zero attached hydrogens (tertiary/aromatic N) is 1. The molecule has 0 saturated heterocycles. The topological polar surface area (TPSA) is 58.6 Å². The molecule has 9 heteroatoms. The normalized spacial score (nSPS) is 11.7. The molecule has 0 aliphatic heterocycles. The van der Waals surface area contributed by atoms with Gasteiger partial charge in [-0.2, -0.15) is 13.2 Å². The number of benzene rings is 2. The largest absolute Gasteiger partial charge is 0.478 e. The van der Waals surface area contributed by atoms with Crippen molar-refractivity contribution < 1.29 is 27.5 Å². The molecule has 162 valence electrons. The van der Waals surface area contributed by atoms with E-state index in [1.807, 2.05) is 0 Å². The lowest BCUT2D eigenvalue weighted by Gasteiger charge is -2.31. The van der Waals surface area contributed by atoms with E-state index in [4.69, 9.17) is 16.3 Å². The number of likely N-dealkylation sites (N-methyl/N-ethyl adjacent to an activating group) is 1. The van der Waals surface area contributed by atoms with Crippen molar-refractivity contribution in [2.24, 2.45) is 0 Å². The summed E-state index contributed by atoms with van der Waals surface area (Å²) in [5, 5.41) is 2.75. The van der Waals surface area contributed by atoms with Gasteiger partial charge in [-0.25, -0.2) is 0 Å². The molecule has 0 bridgehead atoms. The zero-order valence-electron chi connectivity index (χ0n) is 16.7. The molecule has 2 aromatic carbocycles. The Bertz CT molecular complexity index is 899. The zero-order chi connectivity index (χ0) is 22.5. The third-order valence-electron chi connectivity index (χ3n) is 4.21. The number of hydrogen-bond donors (Lipinski definition) is 1. The van der Waals surface area contributed by atoms with E-state index < -0.39 is 35.7 Å². The molecular weight excluding hydrogens is 421 g/mol. The Labute approximate surface area is 177 Å². The first-order valence-corrected chi connectivity index (χ1v) is 9.52. The molecule has 5 nitrogen and oxygen atoms in total. The van der Waals surface area contributed by atoms with Crippen LogP contribution in [0.4, 0.5) is 18.9 Å². The number of nitrogens with one attached hydrogen (secondary N) is 1. The molecule has 1 N–H and O–H groups in total. The number of hydrogen-bond acceptors (Lipinski definition) is 3. The van der Waals surface area contributed by atoms with Gasteiger partial charge in [0.25, 0.3) is 5.91 Å². The number of alkyl halides is 3. The summed E-state index contributed by atoms with van der Waals surface area (Å²) >= 11 is 5.84. The van der Waals surface area contributed by atoms with E-state index >= 15 is 0 Å². The summed E-state index contributed by atoms with van der Waals surface area (Å²) in [4.78, 5) is 26.5. The average molecular weight is 443 g/mol. The van der Waals surface area contributed by atoms with E-state index in [9.17, 15) is 22.8 Å². The number of carbonyl (C=O) groups is 2. The van der Waals surface area contributed by atoms with Crippen LogP contribution >= 0.6 is 11.6 Å². The summed E-state index contributed by atoms with van der Waals surface area (Å²) in [7, 11) is 0. The molecule has 0 aliphatic carbocycles. The Morgan fingerprint density at radius 2 is 1.67 bits per heavy atom. The van der Waals surface area contributed by atoms with Crippen LogP contribution in [0.25, 0.3) is 0 Å². The van der Waals surface area contributed by atoms with Crippen LogP contribution in [-0.4, -0.2) is 35.4 Å². The Balaban J connectivity index is 2.09. The van der Waals surface area contributed by atoms with Gasteiger partial charge in [-0.1, -0.05) is 23.7 Å². The summed E-state index contributed by atoms with van der Waals surface area (Å²) in [6, 6.07) is 11.1. The zero-order valence-corrected chi connectivity index (χ0v) is 17.5. The second kappa shape index (κ2) is 9.38. The molecular formula is C21H22ClF3N2O3. The van der Waals surface area contributed by atoms with Crippen LogP contribution in [0.3, 0.4) is 0 Å². The van der Waals surface area contributed by atoms with Gasteiger partial charge in [0.05, 0.1) is 17.8 Å². The maximum atomic E-state index is 13.1. The fourth-order valence-electron chi connectivity index (χ4n) is 2.75. The van der Waals surface area contributed by atoms with Gasteiger partial charge in [0, 0.05) is 11.6 Å². The van der Waals surface area contributed by atoms with E-state index in [0.717, 1.165) is 12.1 Å². The monoisotopic (exact) mass is 442 g/mol. The molecule has 30 heavy (non-hydrogen) atoms. The van der Waals surface area contributed by atoms with Gasteiger partial charge in [0.1, 0.15) is 5.75 Å². The molecule has 0 aromatic heterocycles. The number of ether oxygens (including phenoxy) is 1. The van der Waals surface area contributed by atoms with Crippen LogP contribution in [0.2, 0.25) is 5.02 Å². The van der Waals surface area contributed by atoms with E-state index in [1.54, 1.807) is 45.0 Å². The number of halogens is 4. The minimum absolute atomic E-state index is 0.167. The Morgan fingerprint density at radius 1 is 1.07 bits per heavy atom. The first-order valence-electron chi connectivity index (χ1n) is 9.14. The van der Waals surface area contributed by atoms with Crippen LogP contribution in [0, 0.1) is 0 Å². The highest BCUT2D eigenvalue weighted by atomic mass is 35.5. The molecule has 0 atom stereocenters. The smallest absolute Gasteiger partial charge is 0.418 e. The molecule has 2 rings (SSSR count). The quantitative estimate of drug-likeness (QED) is 0.656. The maximum Gasteiger partial charge on any atom is 0.418 e. The van der Waals surface area contributed by atoms with Crippen molar-refractivity contribution in [2.75, 3.05) is 18.4 Å². The molecule has 0 fully saturated rings. The van der Waals surface area contributed by atoms with Gasteiger partial charge in [-0.05, 0) is 57.2 Å². The second-order valence-corrected chi connectivity index (χ2v) is 7.41. The lowest BCUT2D eigenvalue weighted by Crippen LogP contribution is -2.51. The highest BCUT2D eigenvalue weighted by molar-refractivity contribution is 6.30. The van der Waals surface area contributed by atoms with E-state index in [-0.39, 0.29) is 12.2 Å². The standard InChI is InChI=1S/C21H22ClF3N2O3/c1-4-27(19(29)20(2,3)30-15-11-9-14(22)10-12-15)13-18(28)26-17-8-6-5-7-16(17)21(23,24)25/h5-12H,4,13H2,1-3H3,(H,26,28). The van der Waals surface area contributed by atoms with Crippen LogP contribution in [0.1, 0.15) is 26.3 Å². The van der Waals surface area contributed by atoms with E-state index in [1.165, 1.54) is 17.0 Å². The molecule has 0 unspecified atom stereocenters. The summed E-state index contributed by atoms with van der Waals surface area (Å²) in [6.07, 6.45) is -4.61. The molecule has 0 heterocycles. The summed E-state index contributed by atoms with van der Waals surface area (Å²) in [5.41, 5.74) is -2.64. The molecule has 2 amide bonds. The summed E-state index contributed by atoms with van der Waals surface area (Å²) < 4.78 is 45.0. The Hall–Kier alpha value is -2.74. The Kier molecular flexibility index (Phi) is 7.36. The fourth-order valence-corrected chi connectivity index (χ4v) is 2.88. The van der Waals surface area contributed by atoms with Crippen molar-refractivity contribution >= 4 is 29.1 Å². The van der Waals surface area contributed by atoms with Gasteiger partial charge in [0.2, 0.25) is 5.91 Å². The van der Waals surface area contributed by atoms with E-state index in [0.29, 0.717) is 10.8 Å². The van der Waals surface area contributed by atoms with E-state index in [2.05, 4.69) is 5.32 Å². The minimum Gasteiger partial charge on any atom is -0.478 e. The van der Waals surface area contributed by atoms with Gasteiger partial charge < -0.3 is 15.0 Å². The molecule has 0 spiro atoms. The molecule has 0 aliphatic rings. The lowest BCUT2D eigenvalue weighted by molar-refractivity contribution is -0.147. The predicted molar refractivity (Wildman–Crippen MR) is 108 cm³/mol. The molecule has 0 saturated carbocycles. The molecule has 2 aromatic rings. The lowest BCUT2D eigenvalue weighted by atomic mass is 10.1.